The van der Waals surface area contributed by atoms with Gasteiger partial charge in [-0.1, -0.05) is 54.6 Å². The molecule has 2 amide bonds. The van der Waals surface area contributed by atoms with Crippen LogP contribution in [0.1, 0.15) is 29.9 Å². The third kappa shape index (κ3) is 6.22. The Morgan fingerprint density at radius 3 is 2.24 bits per heavy atom. The Morgan fingerprint density at radius 1 is 1.03 bits per heavy atom. The van der Waals surface area contributed by atoms with Gasteiger partial charge < -0.3 is 25.2 Å². The number of aliphatic carboxylic acids is 1. The molecular formula is C25H26N2O7. The van der Waals surface area contributed by atoms with E-state index in [1.807, 2.05) is 36.4 Å². The highest BCUT2D eigenvalue weighted by Crippen LogP contribution is 2.44. The van der Waals surface area contributed by atoms with E-state index in [1.165, 1.54) is 13.2 Å². The first kappa shape index (κ1) is 24.5. The Morgan fingerprint density at radius 2 is 1.65 bits per heavy atom. The first-order valence-corrected chi connectivity index (χ1v) is 10.8. The number of carbonyl (C=O) groups is 4. The van der Waals surface area contributed by atoms with E-state index < -0.39 is 30.0 Å². The van der Waals surface area contributed by atoms with Crippen molar-refractivity contribution < 1.29 is 33.8 Å². The number of carbonyl (C=O) groups excluding carboxylic acids is 3. The highest BCUT2D eigenvalue weighted by atomic mass is 16.5. The number of hydrogen-bond donors (Lipinski definition) is 3. The van der Waals surface area contributed by atoms with Gasteiger partial charge in [-0.25, -0.2) is 9.59 Å². The first-order chi connectivity index (χ1) is 16.4. The number of nitrogens with one attached hydrogen (secondary N) is 2. The molecule has 3 N–H and O–H groups in total. The molecule has 0 heterocycles. The predicted octanol–water partition coefficient (Wildman–Crippen LogP) is 2.60. The average molecular weight is 466 g/mol. The summed E-state index contributed by atoms with van der Waals surface area (Å²) in [5.74, 6) is -2.55. The minimum Gasteiger partial charge on any atom is -0.480 e. The SMILES string of the molecule is COC(=O)CC[C@H](NC(=O)/C=C/CNC(=O)OCC1c2ccccc2-c2ccccc21)C(=O)O. The van der Waals surface area contributed by atoms with E-state index in [-0.39, 0.29) is 31.9 Å². The molecule has 0 unspecified atom stereocenters. The van der Waals surface area contributed by atoms with Gasteiger partial charge >= 0.3 is 18.0 Å². The summed E-state index contributed by atoms with van der Waals surface area (Å²) in [6.45, 7) is 0.189. The fourth-order valence-electron chi connectivity index (χ4n) is 3.80. The summed E-state index contributed by atoms with van der Waals surface area (Å²) in [7, 11) is 1.20. The molecule has 9 heteroatoms. The van der Waals surface area contributed by atoms with Crippen LogP contribution in [0.2, 0.25) is 0 Å². The average Bonchev–Trinajstić information content (AvgIpc) is 3.16. The van der Waals surface area contributed by atoms with Crippen molar-refractivity contribution in [3.05, 3.63) is 71.8 Å². The molecule has 0 aromatic heterocycles. The van der Waals surface area contributed by atoms with Crippen LogP contribution in [0.5, 0.6) is 0 Å². The van der Waals surface area contributed by atoms with Gasteiger partial charge in [-0.15, -0.1) is 0 Å². The Bertz CT molecular complexity index is 1050. The monoisotopic (exact) mass is 466 g/mol. The van der Waals surface area contributed by atoms with E-state index in [1.54, 1.807) is 0 Å². The number of carboxylic acids is 1. The van der Waals surface area contributed by atoms with Crippen LogP contribution in [-0.4, -0.2) is 55.3 Å². The van der Waals surface area contributed by atoms with Gasteiger partial charge in [-0.05, 0) is 28.7 Å². The largest absolute Gasteiger partial charge is 0.480 e. The first-order valence-electron chi connectivity index (χ1n) is 10.8. The maximum absolute atomic E-state index is 12.1. The third-order valence-electron chi connectivity index (χ3n) is 5.46. The topological polar surface area (TPSA) is 131 Å². The minimum atomic E-state index is -1.26. The van der Waals surface area contributed by atoms with Crippen molar-refractivity contribution >= 4 is 23.9 Å². The second-order valence-corrected chi connectivity index (χ2v) is 7.62. The zero-order valence-electron chi connectivity index (χ0n) is 18.7. The van der Waals surface area contributed by atoms with Crippen LogP contribution in [0.15, 0.2) is 60.7 Å². The Labute approximate surface area is 196 Å². The quantitative estimate of drug-likeness (QED) is 0.362. The van der Waals surface area contributed by atoms with Crippen molar-refractivity contribution in [3.63, 3.8) is 0 Å². The summed E-state index contributed by atoms with van der Waals surface area (Å²) in [6.07, 6.45) is 1.61. The fraction of sp³-hybridized carbons (Fsp3) is 0.280. The molecule has 0 spiro atoms. The number of hydrogen-bond acceptors (Lipinski definition) is 6. The zero-order valence-corrected chi connectivity index (χ0v) is 18.7. The van der Waals surface area contributed by atoms with E-state index in [9.17, 15) is 19.2 Å². The van der Waals surface area contributed by atoms with Gasteiger partial charge in [0.1, 0.15) is 12.6 Å². The number of carboxylic acid groups (broad SMARTS) is 1. The summed E-state index contributed by atoms with van der Waals surface area (Å²) < 4.78 is 9.87. The lowest BCUT2D eigenvalue weighted by Crippen LogP contribution is -2.40. The molecule has 34 heavy (non-hydrogen) atoms. The number of ether oxygens (including phenoxy) is 2. The van der Waals surface area contributed by atoms with Crippen LogP contribution in [0, 0.1) is 0 Å². The summed E-state index contributed by atoms with van der Waals surface area (Å²) in [6, 6.07) is 14.8. The van der Waals surface area contributed by atoms with Gasteiger partial charge in [0.15, 0.2) is 0 Å². The number of amides is 2. The van der Waals surface area contributed by atoms with Gasteiger partial charge in [-0.3, -0.25) is 9.59 Å². The summed E-state index contributed by atoms with van der Waals surface area (Å²) in [5, 5.41) is 14.0. The minimum absolute atomic E-state index is 0.0178. The van der Waals surface area contributed by atoms with Gasteiger partial charge in [-0.2, -0.15) is 0 Å². The second-order valence-electron chi connectivity index (χ2n) is 7.62. The zero-order chi connectivity index (χ0) is 24.5. The van der Waals surface area contributed by atoms with Gasteiger partial charge in [0.25, 0.3) is 0 Å². The smallest absolute Gasteiger partial charge is 0.407 e. The van der Waals surface area contributed by atoms with Crippen molar-refractivity contribution in [1.82, 2.24) is 10.6 Å². The lowest BCUT2D eigenvalue weighted by atomic mass is 9.98. The van der Waals surface area contributed by atoms with Gasteiger partial charge in [0, 0.05) is 25.0 Å². The molecule has 2 aromatic carbocycles. The number of benzene rings is 2. The summed E-state index contributed by atoms with van der Waals surface area (Å²) in [4.78, 5) is 46.4. The van der Waals surface area contributed by atoms with E-state index >= 15 is 0 Å². The number of esters is 1. The molecule has 3 rings (SSSR count). The lowest BCUT2D eigenvalue weighted by Gasteiger charge is -2.14. The summed E-state index contributed by atoms with van der Waals surface area (Å²) in [5.41, 5.74) is 4.47. The van der Waals surface area contributed by atoms with Crippen molar-refractivity contribution in [3.8, 4) is 11.1 Å². The molecule has 0 aliphatic heterocycles. The molecule has 2 aromatic rings. The number of rotatable bonds is 10. The Balaban J connectivity index is 1.44. The molecule has 0 saturated carbocycles. The predicted molar refractivity (Wildman–Crippen MR) is 123 cm³/mol. The van der Waals surface area contributed by atoms with Gasteiger partial charge in [0.2, 0.25) is 5.91 Å². The van der Waals surface area contributed by atoms with Crippen LogP contribution < -0.4 is 10.6 Å². The number of methoxy groups -OCH3 is 1. The van der Waals surface area contributed by atoms with Crippen LogP contribution in [-0.2, 0) is 23.9 Å². The highest BCUT2D eigenvalue weighted by Gasteiger charge is 2.29. The van der Waals surface area contributed by atoms with Crippen molar-refractivity contribution in [2.24, 2.45) is 0 Å². The summed E-state index contributed by atoms with van der Waals surface area (Å²) >= 11 is 0. The van der Waals surface area contributed by atoms with E-state index in [2.05, 4.69) is 27.5 Å². The van der Waals surface area contributed by atoms with Crippen molar-refractivity contribution in [2.75, 3.05) is 20.3 Å². The molecule has 178 valence electrons. The maximum atomic E-state index is 12.1. The molecule has 0 radical (unpaired) electrons. The van der Waals surface area contributed by atoms with Crippen molar-refractivity contribution in [1.29, 1.82) is 0 Å². The third-order valence-corrected chi connectivity index (χ3v) is 5.46. The molecule has 0 saturated heterocycles. The Hall–Kier alpha value is -4.14. The normalized spacial score (nSPS) is 13.0. The highest BCUT2D eigenvalue weighted by molar-refractivity contribution is 5.91. The molecule has 9 nitrogen and oxygen atoms in total. The van der Waals surface area contributed by atoms with Gasteiger partial charge in [0.05, 0.1) is 7.11 Å². The molecule has 1 atom stereocenters. The van der Waals surface area contributed by atoms with Crippen molar-refractivity contribution in [2.45, 2.75) is 24.8 Å². The molecule has 0 fully saturated rings. The number of alkyl carbamates (subject to hydrolysis) is 1. The Kier molecular flexibility index (Phi) is 8.39. The molecular weight excluding hydrogens is 440 g/mol. The second kappa shape index (κ2) is 11.6. The molecule has 1 aliphatic rings. The van der Waals surface area contributed by atoms with Crippen LogP contribution in [0.4, 0.5) is 4.79 Å². The number of fused-ring (bicyclic) bond motifs is 3. The fourth-order valence-corrected chi connectivity index (χ4v) is 3.80. The lowest BCUT2D eigenvalue weighted by molar-refractivity contribution is -0.143. The maximum Gasteiger partial charge on any atom is 0.407 e. The van der Waals surface area contributed by atoms with Crippen LogP contribution in [0.3, 0.4) is 0 Å². The van der Waals surface area contributed by atoms with Crippen LogP contribution in [0.25, 0.3) is 11.1 Å². The molecule has 1 aliphatic carbocycles. The van der Waals surface area contributed by atoms with E-state index in [4.69, 9.17) is 9.84 Å². The van der Waals surface area contributed by atoms with E-state index in [0.717, 1.165) is 28.3 Å². The van der Waals surface area contributed by atoms with Crippen LogP contribution >= 0.6 is 0 Å². The van der Waals surface area contributed by atoms with E-state index in [0.29, 0.717) is 0 Å². The molecule has 0 bridgehead atoms. The standard InChI is InChI=1S/C25H26N2O7/c1-33-23(29)13-12-21(24(30)31)27-22(28)11-6-14-26-25(32)34-15-20-18-9-4-2-7-16(18)17-8-3-5-10-19(17)20/h2-11,20-21H,12-15H2,1H3,(H,26,32)(H,27,28)(H,30,31)/b11-6+/t21-/m0/s1.